The number of aliphatic carboxylic acids is 1. The lowest BCUT2D eigenvalue weighted by molar-refractivity contribution is -0.398. The summed E-state index contributed by atoms with van der Waals surface area (Å²) in [5, 5.41) is 131. The topological polar surface area (TPSA) is 430 Å². The van der Waals surface area contributed by atoms with Gasteiger partial charge in [0.2, 0.25) is 0 Å². The highest BCUT2D eigenvalue weighted by Crippen LogP contribution is 2.76. The number of hydrogen-bond acceptors (Lipinski definition) is 27. The molecule has 9 rings (SSSR count). The molecule has 4 aliphatic heterocycles. The molecule has 8 fully saturated rings. The first-order valence-electron chi connectivity index (χ1n) is 30.7. The van der Waals surface area contributed by atoms with Crippen LogP contribution in [0.2, 0.25) is 0 Å². The second-order valence-electron chi connectivity index (χ2n) is 27.9. The number of allylic oxidation sites excluding steroid dienone is 3. The van der Waals surface area contributed by atoms with Gasteiger partial charge < -0.3 is 118 Å². The van der Waals surface area contributed by atoms with E-state index in [0.717, 1.165) is 11.9 Å². The van der Waals surface area contributed by atoms with Crippen LogP contribution in [0.15, 0.2) is 23.3 Å². The van der Waals surface area contributed by atoms with Crippen molar-refractivity contribution in [3.05, 3.63) is 23.3 Å². The van der Waals surface area contributed by atoms with Crippen molar-refractivity contribution in [2.45, 2.75) is 249 Å². The normalized spacial score (nSPS) is 49.7. The minimum Gasteiger partial charge on any atom is -0.479 e. The Labute approximate surface area is 515 Å². The van der Waals surface area contributed by atoms with E-state index in [4.69, 9.17) is 52.1 Å². The van der Waals surface area contributed by atoms with Gasteiger partial charge in [0.15, 0.2) is 37.4 Å². The first kappa shape index (κ1) is 69.6. The van der Waals surface area contributed by atoms with Gasteiger partial charge >= 0.3 is 23.9 Å². The molecule has 12 N–H and O–H groups in total. The summed E-state index contributed by atoms with van der Waals surface area (Å²) >= 11 is 0. The van der Waals surface area contributed by atoms with Crippen LogP contribution in [0.3, 0.4) is 0 Å². The summed E-state index contributed by atoms with van der Waals surface area (Å²) in [5.74, 6) is -5.02. The van der Waals surface area contributed by atoms with Gasteiger partial charge in [-0.3, -0.25) is 9.59 Å². The zero-order valence-corrected chi connectivity index (χ0v) is 51.8. The van der Waals surface area contributed by atoms with E-state index in [0.29, 0.717) is 37.7 Å². The fourth-order valence-corrected chi connectivity index (χ4v) is 17.3. The fraction of sp³-hybridized carbons (Fsp3) is 0.852. The van der Waals surface area contributed by atoms with Crippen LogP contribution in [-0.4, -0.2) is 253 Å². The molecular formula is C61H92O28. The molecule has 4 saturated heterocycles. The lowest BCUT2D eigenvalue weighted by Crippen LogP contribution is -2.73. The van der Waals surface area contributed by atoms with Gasteiger partial charge in [-0.1, -0.05) is 59.3 Å². The van der Waals surface area contributed by atoms with Crippen molar-refractivity contribution in [2.75, 3.05) is 26.4 Å². The number of aliphatic hydroxyl groups excluding tert-OH is 11. The highest BCUT2D eigenvalue weighted by Gasteiger charge is 2.75. The Balaban J connectivity index is 1.07. The predicted octanol–water partition coefficient (Wildman–Crippen LogP) is -1.44. The molecule has 0 spiro atoms. The van der Waals surface area contributed by atoms with Gasteiger partial charge in [0.1, 0.15) is 97.8 Å². The number of carbonyl (C=O) groups excluding carboxylic acids is 4. The van der Waals surface area contributed by atoms with E-state index in [1.54, 1.807) is 26.8 Å². The van der Waals surface area contributed by atoms with Crippen molar-refractivity contribution in [1.29, 1.82) is 0 Å². The number of hydrogen-bond donors (Lipinski definition) is 12. The maximum Gasteiger partial charge on any atom is 0.335 e. The largest absolute Gasteiger partial charge is 0.479 e. The quantitative estimate of drug-likeness (QED) is 0.0210. The smallest absolute Gasteiger partial charge is 0.335 e. The summed E-state index contributed by atoms with van der Waals surface area (Å²) in [5.41, 5.74) is -4.65. The fourth-order valence-electron chi connectivity index (χ4n) is 17.3. The van der Waals surface area contributed by atoms with Gasteiger partial charge in [0, 0.05) is 24.8 Å². The molecule has 504 valence electrons. The second kappa shape index (κ2) is 25.9. The lowest BCUT2D eigenvalue weighted by Gasteiger charge is -2.72. The Bertz CT molecular complexity index is 2670. The molecule has 89 heavy (non-hydrogen) atoms. The standard InChI is InChI=1S/C61H92O28/c1-11-25(2)51(78)89-48-49(82-27(4)66)61(24-64)29(18-56(48,5)6)28-12-13-34-57(7)16-15-35(58(8,23-63)33(57)14-17-59(34,9)60(28,10)19-36(61)81-26(3)65)84-55-47(88-53-42(74)40(72)39(71)32(20-62)83-53)44(43(75)45(86-55)50(76)77)85-54-46(38(70)31(68)22-80-54)87-52-41(73)37(69)30(67)21-79-52/h11-12,23,29-49,52-55,62,64,67-75H,13-22,24H2,1-10H3,(H,76,77). The minimum atomic E-state index is -2.29. The van der Waals surface area contributed by atoms with Crippen LogP contribution < -0.4 is 0 Å². The number of ether oxygens (including phenoxy) is 11. The molecular weight excluding hydrogens is 1180 g/mol. The van der Waals surface area contributed by atoms with E-state index >= 15 is 0 Å². The third kappa shape index (κ3) is 11.8. The second-order valence-corrected chi connectivity index (χ2v) is 27.9. The molecule has 4 heterocycles. The van der Waals surface area contributed by atoms with Crippen LogP contribution in [0.5, 0.6) is 0 Å². The zero-order valence-electron chi connectivity index (χ0n) is 51.8. The van der Waals surface area contributed by atoms with Crippen molar-refractivity contribution in [1.82, 2.24) is 0 Å². The predicted molar refractivity (Wildman–Crippen MR) is 298 cm³/mol. The van der Waals surface area contributed by atoms with E-state index in [1.807, 2.05) is 13.8 Å². The van der Waals surface area contributed by atoms with Gasteiger partial charge in [0.05, 0.1) is 43.4 Å². The number of carboxylic acid groups (broad SMARTS) is 1. The summed E-state index contributed by atoms with van der Waals surface area (Å²) in [6.07, 6.45) is -32.6. The van der Waals surface area contributed by atoms with Crippen LogP contribution in [0.25, 0.3) is 0 Å². The number of aldehydes is 1. The Morgan fingerprint density at radius 1 is 0.629 bits per heavy atom. The maximum absolute atomic E-state index is 14.3. The number of carboxylic acids is 1. The van der Waals surface area contributed by atoms with Crippen LogP contribution in [-0.2, 0) is 76.1 Å². The molecule has 28 heteroatoms. The SMILES string of the molecule is CC=C(C)C(=O)OC1C(OC(C)=O)C2(CO)C(OC(C)=O)CC3(C)C(=CCC4C5(C)CCC(OC6OC(C(=O)O)C(O)C(OC7OCC(O)C(O)C7OC7OCC(O)C(O)C7O)C6OC6OC(CO)C(O)C(O)C6O)C(C)(C=O)C5CCC43C)C2CC1(C)C. The average Bonchev–Trinajstić information content (AvgIpc) is 0.669. The lowest BCUT2D eigenvalue weighted by atomic mass is 9.33. The molecule has 30 atom stereocenters. The molecule has 0 radical (unpaired) electrons. The first-order valence-corrected chi connectivity index (χ1v) is 30.7. The zero-order chi connectivity index (χ0) is 65.6. The molecule has 30 unspecified atom stereocenters. The highest BCUT2D eigenvalue weighted by molar-refractivity contribution is 5.87. The van der Waals surface area contributed by atoms with Crippen molar-refractivity contribution < 1.29 is 137 Å². The molecule has 0 amide bonds. The third-order valence-electron chi connectivity index (χ3n) is 22.5. The van der Waals surface area contributed by atoms with E-state index in [2.05, 4.69) is 26.8 Å². The van der Waals surface area contributed by atoms with E-state index in [9.17, 15) is 85.3 Å². The van der Waals surface area contributed by atoms with Crippen molar-refractivity contribution in [3.8, 4) is 0 Å². The molecule has 5 aliphatic carbocycles. The van der Waals surface area contributed by atoms with Gasteiger partial charge in [-0.05, 0) is 92.8 Å². The van der Waals surface area contributed by atoms with E-state index in [-0.39, 0.29) is 18.8 Å². The van der Waals surface area contributed by atoms with Crippen molar-refractivity contribution in [2.24, 2.45) is 50.2 Å². The highest BCUT2D eigenvalue weighted by atomic mass is 16.8. The first-order chi connectivity index (χ1) is 41.6. The Hall–Kier alpha value is -3.73. The van der Waals surface area contributed by atoms with E-state index in [1.165, 1.54) is 13.8 Å². The number of rotatable bonds is 16. The Morgan fingerprint density at radius 2 is 1.25 bits per heavy atom. The summed E-state index contributed by atoms with van der Waals surface area (Å²) in [4.78, 5) is 67.7. The van der Waals surface area contributed by atoms with Crippen LogP contribution in [0, 0.1) is 50.2 Å². The van der Waals surface area contributed by atoms with Gasteiger partial charge in [-0.2, -0.15) is 0 Å². The monoisotopic (exact) mass is 1270 g/mol. The van der Waals surface area contributed by atoms with Crippen LogP contribution >= 0.6 is 0 Å². The molecule has 0 aromatic heterocycles. The molecule has 28 nitrogen and oxygen atoms in total. The third-order valence-corrected chi connectivity index (χ3v) is 22.5. The van der Waals surface area contributed by atoms with Crippen molar-refractivity contribution in [3.63, 3.8) is 0 Å². The van der Waals surface area contributed by atoms with Crippen LogP contribution in [0.4, 0.5) is 0 Å². The van der Waals surface area contributed by atoms with Gasteiger partial charge in [-0.15, -0.1) is 0 Å². The van der Waals surface area contributed by atoms with Crippen LogP contribution in [0.1, 0.15) is 114 Å². The van der Waals surface area contributed by atoms with Gasteiger partial charge in [0.25, 0.3) is 0 Å². The number of esters is 3. The molecule has 9 aliphatic rings. The molecule has 0 aromatic carbocycles. The summed E-state index contributed by atoms with van der Waals surface area (Å²) < 4.78 is 67.1. The average molecular weight is 1270 g/mol. The summed E-state index contributed by atoms with van der Waals surface area (Å²) in [6, 6.07) is 0. The minimum absolute atomic E-state index is 0.0912. The molecule has 0 aromatic rings. The van der Waals surface area contributed by atoms with E-state index < -0.39 is 230 Å². The Morgan fingerprint density at radius 3 is 1.85 bits per heavy atom. The maximum atomic E-state index is 14.3. The Kier molecular flexibility index (Phi) is 20.2. The number of carbonyl (C=O) groups is 5. The molecule has 0 bridgehead atoms. The summed E-state index contributed by atoms with van der Waals surface area (Å²) in [7, 11) is 0. The van der Waals surface area contributed by atoms with Gasteiger partial charge in [-0.25, -0.2) is 9.59 Å². The van der Waals surface area contributed by atoms with Crippen molar-refractivity contribution >= 4 is 30.2 Å². The molecule has 4 saturated carbocycles. The number of fused-ring (bicyclic) bond motifs is 7. The summed E-state index contributed by atoms with van der Waals surface area (Å²) in [6.45, 7) is 15.0. The number of aliphatic hydroxyl groups is 11.